The lowest BCUT2D eigenvalue weighted by Gasteiger charge is -2.33. The summed E-state index contributed by atoms with van der Waals surface area (Å²) in [5, 5.41) is 6.29. The molecule has 3 amide bonds. The van der Waals surface area contributed by atoms with Gasteiger partial charge in [0.25, 0.3) is 0 Å². The molecule has 10 nitrogen and oxygen atoms in total. The van der Waals surface area contributed by atoms with Crippen molar-refractivity contribution in [2.75, 3.05) is 6.54 Å². The smallest absolute Gasteiger partial charge is 0.416 e. The number of hydrogen-bond acceptors (Lipinski definition) is 7. The van der Waals surface area contributed by atoms with Crippen LogP contribution in [0.15, 0.2) is 65.1 Å². The van der Waals surface area contributed by atoms with Gasteiger partial charge in [-0.1, -0.05) is 70.0 Å². The Bertz CT molecular complexity index is 2500. The number of pyridine rings is 1. The molecular weight excluding hydrogens is 806 g/mol. The van der Waals surface area contributed by atoms with Crippen molar-refractivity contribution in [2.45, 2.75) is 133 Å². The molecule has 0 radical (unpaired) electrons. The molecule has 2 saturated carbocycles. The summed E-state index contributed by atoms with van der Waals surface area (Å²) in [4.78, 5) is 48.6. The van der Waals surface area contributed by atoms with Gasteiger partial charge in [-0.25, -0.2) is 13.4 Å². The highest BCUT2D eigenvalue weighted by Crippen LogP contribution is 2.53. The fourth-order valence-electron chi connectivity index (χ4n) is 9.88. The summed E-state index contributed by atoms with van der Waals surface area (Å²) in [5.41, 5.74) is 2.30. The van der Waals surface area contributed by atoms with E-state index in [2.05, 4.69) is 10.6 Å². The first-order chi connectivity index (χ1) is 29.0. The number of nitrogens with one attached hydrogen (secondary N) is 2. The molecule has 0 bridgehead atoms. The van der Waals surface area contributed by atoms with Gasteiger partial charge in [-0.05, 0) is 106 Å². The van der Waals surface area contributed by atoms with Crippen molar-refractivity contribution < 1.29 is 40.4 Å². The molecule has 8 rings (SSSR count). The summed E-state index contributed by atoms with van der Waals surface area (Å²) < 4.78 is 74.5. The minimum atomic E-state index is -4.50. The Labute approximate surface area is 355 Å². The number of amides is 3. The zero-order valence-electron chi connectivity index (χ0n) is 35.2. The van der Waals surface area contributed by atoms with Gasteiger partial charge >= 0.3 is 6.18 Å². The van der Waals surface area contributed by atoms with Gasteiger partial charge in [-0.15, -0.1) is 0 Å². The van der Waals surface area contributed by atoms with Crippen LogP contribution in [0.25, 0.3) is 33.3 Å². The van der Waals surface area contributed by atoms with Crippen LogP contribution < -0.4 is 10.6 Å². The Kier molecular flexibility index (Phi) is 11.4. The first-order valence-electron chi connectivity index (χ1n) is 21.9. The average Bonchev–Trinajstić information content (AvgIpc) is 4.09. The van der Waals surface area contributed by atoms with E-state index in [-0.39, 0.29) is 49.5 Å². The van der Waals surface area contributed by atoms with Crippen LogP contribution in [0.3, 0.4) is 0 Å². The van der Waals surface area contributed by atoms with Gasteiger partial charge in [0.2, 0.25) is 17.7 Å². The first kappa shape index (κ1) is 42.9. The number of allylic oxidation sites excluding steroid dienone is 1. The molecule has 3 fully saturated rings. The number of aromatic nitrogens is 1. The molecule has 61 heavy (non-hydrogen) atoms. The number of para-hydroxylation sites is 1. The summed E-state index contributed by atoms with van der Waals surface area (Å²) in [6.07, 6.45) is 6.41. The predicted molar refractivity (Wildman–Crippen MR) is 228 cm³/mol. The lowest BCUT2D eigenvalue weighted by molar-refractivity contribution is -0.140. The highest BCUT2D eigenvalue weighted by molar-refractivity contribution is 7.93. The molecule has 2 aromatic carbocycles. The zero-order valence-corrected chi connectivity index (χ0v) is 36.1. The number of furan rings is 1. The van der Waals surface area contributed by atoms with Crippen LogP contribution in [-0.4, -0.2) is 64.3 Å². The Balaban J connectivity index is 1.15. The fourth-order valence-corrected chi connectivity index (χ4v) is 12.0. The van der Waals surface area contributed by atoms with E-state index in [9.17, 15) is 36.0 Å². The molecule has 2 N–H and O–H groups in total. The second kappa shape index (κ2) is 16.2. The number of fused-ring (bicyclic) bond motifs is 5. The normalized spacial score (nSPS) is 26.2. The Morgan fingerprint density at radius 2 is 1.74 bits per heavy atom. The molecule has 14 heteroatoms. The maximum atomic E-state index is 14.8. The lowest BCUT2D eigenvalue weighted by atomic mass is 9.89. The third-order valence-corrected chi connectivity index (χ3v) is 16.9. The predicted octanol–water partition coefficient (Wildman–Crippen LogP) is 8.84. The minimum Gasteiger partial charge on any atom is -0.454 e. The molecule has 6 atom stereocenters. The SMILES string of the molecule is CCc1c(-c2ccc(C(F)(F)F)cc2)nc2c(oc3ccccc32)c1CC1CC2C(=O)NC3(C(=O)NC(C)(CC)S(=O)(=O)C4CC4)C(C)C3C=CCCCCCCC(=O)N2C1. The minimum absolute atomic E-state index is 0.145. The summed E-state index contributed by atoms with van der Waals surface area (Å²) in [7, 11) is -3.69. The van der Waals surface area contributed by atoms with E-state index < -0.39 is 55.1 Å². The molecule has 2 aromatic heterocycles. The van der Waals surface area contributed by atoms with Crippen molar-refractivity contribution in [2.24, 2.45) is 17.8 Å². The molecule has 0 spiro atoms. The molecule has 2 aliphatic heterocycles. The van der Waals surface area contributed by atoms with E-state index in [0.717, 1.165) is 54.3 Å². The van der Waals surface area contributed by atoms with E-state index in [1.165, 1.54) is 12.1 Å². The van der Waals surface area contributed by atoms with Gasteiger partial charge in [-0.3, -0.25) is 14.4 Å². The van der Waals surface area contributed by atoms with Crippen LogP contribution in [0.4, 0.5) is 13.2 Å². The summed E-state index contributed by atoms with van der Waals surface area (Å²) in [6, 6.07) is 11.6. The van der Waals surface area contributed by atoms with Crippen molar-refractivity contribution in [1.82, 2.24) is 20.5 Å². The number of carbonyl (C=O) groups is 3. The van der Waals surface area contributed by atoms with Crippen LogP contribution in [0, 0.1) is 17.8 Å². The fraction of sp³-hybridized carbons (Fsp3) is 0.532. The van der Waals surface area contributed by atoms with Crippen molar-refractivity contribution in [3.05, 3.63) is 77.4 Å². The maximum absolute atomic E-state index is 14.8. The van der Waals surface area contributed by atoms with Crippen molar-refractivity contribution in [3.63, 3.8) is 0 Å². The molecule has 2 aliphatic carbocycles. The second-order valence-electron chi connectivity index (χ2n) is 17.8. The van der Waals surface area contributed by atoms with E-state index in [0.29, 0.717) is 60.0 Å². The number of rotatable bonds is 9. The zero-order chi connectivity index (χ0) is 43.5. The molecule has 326 valence electrons. The van der Waals surface area contributed by atoms with Crippen molar-refractivity contribution in [3.8, 4) is 11.3 Å². The van der Waals surface area contributed by atoms with Crippen molar-refractivity contribution >= 4 is 49.6 Å². The van der Waals surface area contributed by atoms with Gasteiger partial charge in [0.1, 0.15) is 27.6 Å². The molecule has 1 saturated heterocycles. The number of benzene rings is 2. The third kappa shape index (κ3) is 7.75. The van der Waals surface area contributed by atoms with Crippen LogP contribution in [0.5, 0.6) is 0 Å². The van der Waals surface area contributed by atoms with Crippen LogP contribution in [0.1, 0.15) is 109 Å². The number of halogens is 3. The quantitative estimate of drug-likeness (QED) is 0.161. The van der Waals surface area contributed by atoms with Gasteiger partial charge < -0.3 is 20.0 Å². The Morgan fingerprint density at radius 3 is 2.43 bits per heavy atom. The number of sulfone groups is 1. The molecule has 4 aliphatic rings. The Morgan fingerprint density at radius 1 is 1.02 bits per heavy atom. The highest BCUT2D eigenvalue weighted by atomic mass is 32.2. The van der Waals surface area contributed by atoms with Crippen molar-refractivity contribution in [1.29, 1.82) is 0 Å². The standard InChI is InChI=1S/C47H55F3N4O6S/c1-5-33-35(42-41(34-15-13-14-17-38(34)60-42)51-40(33)30-19-21-31(22-20-30)47(48,49)50)25-29-26-37-43(56)52-46(44(57)53-45(4,6-2)61(58,59)32-23-24-32)28(3)36(46)16-11-9-7-8-10-12-18-39(55)54(37)27-29/h11,13-17,19-22,28-29,32,36-37H,5-10,12,18,23-27H2,1-4H3,(H,52,56)(H,53,57). The topological polar surface area (TPSA) is 139 Å². The number of alkyl halides is 3. The first-order valence-corrected chi connectivity index (χ1v) is 23.4. The van der Waals surface area contributed by atoms with Gasteiger partial charge in [-0.2, -0.15) is 13.2 Å². The van der Waals surface area contributed by atoms with E-state index >= 15 is 0 Å². The van der Waals surface area contributed by atoms with Gasteiger partial charge in [0, 0.05) is 35.4 Å². The van der Waals surface area contributed by atoms with Crippen LogP contribution in [0.2, 0.25) is 0 Å². The third-order valence-electron chi connectivity index (χ3n) is 13.9. The number of nitrogens with zero attached hydrogens (tertiary/aromatic N) is 2. The number of carbonyl (C=O) groups excluding carboxylic acids is 3. The summed E-state index contributed by atoms with van der Waals surface area (Å²) in [5.74, 6) is -2.08. The molecular formula is C47H55F3N4O6S. The van der Waals surface area contributed by atoms with Gasteiger partial charge in [0.05, 0.1) is 16.5 Å². The number of hydrogen-bond donors (Lipinski definition) is 2. The largest absolute Gasteiger partial charge is 0.454 e. The van der Waals surface area contributed by atoms with E-state index in [1.807, 2.05) is 50.3 Å². The lowest BCUT2D eigenvalue weighted by Crippen LogP contribution is -2.62. The molecule has 4 heterocycles. The average molecular weight is 861 g/mol. The van der Waals surface area contributed by atoms with E-state index in [1.54, 1.807) is 18.7 Å². The monoisotopic (exact) mass is 860 g/mol. The molecule has 4 aromatic rings. The van der Waals surface area contributed by atoms with Gasteiger partial charge in [0.15, 0.2) is 15.4 Å². The maximum Gasteiger partial charge on any atom is 0.416 e. The van der Waals surface area contributed by atoms with Crippen LogP contribution in [-0.2, 0) is 43.2 Å². The Hall–Kier alpha value is -4.72. The second-order valence-corrected chi connectivity index (χ2v) is 20.5. The molecule has 6 unspecified atom stereocenters. The highest BCUT2D eigenvalue weighted by Gasteiger charge is 2.68. The summed E-state index contributed by atoms with van der Waals surface area (Å²) in [6.45, 7) is 7.41. The summed E-state index contributed by atoms with van der Waals surface area (Å²) >= 11 is 0. The van der Waals surface area contributed by atoms with Crippen LogP contribution >= 0.6 is 0 Å². The van der Waals surface area contributed by atoms with E-state index in [4.69, 9.17) is 9.40 Å².